The number of likely N-dealkylation sites (tertiary alicyclic amines) is 1. The maximum Gasteiger partial charge on any atom is 0.199 e. The Morgan fingerprint density at radius 1 is 0.930 bits per heavy atom. The minimum absolute atomic E-state index is 0.00992. The van der Waals surface area contributed by atoms with E-state index in [0.29, 0.717) is 12.3 Å². The molecule has 9 rings (SSSR count). The van der Waals surface area contributed by atoms with Crippen molar-refractivity contribution in [2.45, 2.75) is 103 Å². The van der Waals surface area contributed by atoms with Gasteiger partial charge in [-0.1, -0.05) is 69.5 Å². The molecule has 0 amide bonds. The molecule has 4 fully saturated rings. The predicted octanol–water partition coefficient (Wildman–Crippen LogP) is 7.94. The number of benzene rings is 1. The van der Waals surface area contributed by atoms with Crippen LogP contribution in [0.1, 0.15) is 101 Å². The molecular weight excluding hydrogens is 550 g/mol. The van der Waals surface area contributed by atoms with Crippen LogP contribution < -0.4 is 0 Å². The first-order valence-electron chi connectivity index (χ1n) is 17.2. The van der Waals surface area contributed by atoms with E-state index in [0.717, 1.165) is 78.7 Å². The number of hydrogen-bond acceptors (Lipinski definition) is 5. The number of hydrogen-bond donors (Lipinski definition) is 2. The van der Waals surface area contributed by atoms with Gasteiger partial charge in [0.2, 0.25) is 0 Å². The third kappa shape index (κ3) is 3.87. The lowest BCUT2D eigenvalue weighted by Gasteiger charge is -2.71. The first-order chi connectivity index (χ1) is 20.6. The van der Waals surface area contributed by atoms with Crippen molar-refractivity contribution < 1.29 is 15.0 Å². The van der Waals surface area contributed by atoms with Crippen LogP contribution in [0, 0.1) is 33.5 Å². The lowest BCUT2D eigenvalue weighted by atomic mass is 9.32. The smallest absolute Gasteiger partial charge is 0.199 e. The third-order valence-corrected chi connectivity index (χ3v) is 15.2. The molecule has 4 nitrogen and oxygen atoms in total. The van der Waals surface area contributed by atoms with Gasteiger partial charge in [-0.2, -0.15) is 0 Å². The van der Waals surface area contributed by atoms with Gasteiger partial charge in [-0.25, -0.2) is 0 Å². The van der Waals surface area contributed by atoms with E-state index >= 15 is 0 Å². The number of rotatable bonds is 4. The summed E-state index contributed by atoms with van der Waals surface area (Å²) in [5.41, 5.74) is -0.671. The largest absolute Gasteiger partial charge is 0.393 e. The first kappa shape index (κ1) is 28.7. The number of ketones is 1. The van der Waals surface area contributed by atoms with Crippen molar-refractivity contribution in [3.63, 3.8) is 0 Å². The summed E-state index contributed by atoms with van der Waals surface area (Å²) in [4.78, 5) is 18.3. The van der Waals surface area contributed by atoms with Gasteiger partial charge in [-0.15, -0.1) is 11.3 Å². The Hall–Kier alpha value is -1.79. The number of Topliss-reactive ketones (excluding diaryl/α,β-unsaturated/α-hetero) is 1. The second-order valence-corrected chi connectivity index (χ2v) is 16.9. The molecule has 1 aromatic heterocycles. The van der Waals surface area contributed by atoms with E-state index in [2.05, 4.69) is 67.3 Å². The average molecular weight is 600 g/mol. The van der Waals surface area contributed by atoms with Crippen LogP contribution in [0.25, 0.3) is 10.1 Å². The zero-order valence-corrected chi connectivity index (χ0v) is 26.9. The summed E-state index contributed by atoms with van der Waals surface area (Å²) in [5.74, 6) is 0.750. The minimum Gasteiger partial charge on any atom is -0.393 e. The Balaban J connectivity index is 1.24. The highest BCUT2D eigenvalue weighted by molar-refractivity contribution is 7.21. The second-order valence-electron chi connectivity index (χ2n) is 15.8. The van der Waals surface area contributed by atoms with Crippen molar-refractivity contribution in [2.75, 3.05) is 19.6 Å². The van der Waals surface area contributed by atoms with E-state index in [-0.39, 0.29) is 39.5 Å². The van der Waals surface area contributed by atoms with Gasteiger partial charge >= 0.3 is 0 Å². The van der Waals surface area contributed by atoms with Gasteiger partial charge in [-0.05, 0) is 106 Å². The highest BCUT2D eigenvalue weighted by Gasteiger charge is 2.74. The van der Waals surface area contributed by atoms with Gasteiger partial charge in [-0.3, -0.25) is 4.79 Å². The van der Waals surface area contributed by atoms with E-state index < -0.39 is 5.60 Å². The molecule has 7 aliphatic rings. The van der Waals surface area contributed by atoms with Gasteiger partial charge in [0.25, 0.3) is 0 Å². The standard InChI is InChI=1S/C38H49NO3S/c1-34-15-12-27(40)23-36(34)18-19-38(28(24-36)33(41)30-22-26-10-6-7-11-29(26)43-30)31(34)13-16-35(2)32(38)14-17-37(35,42)25-39-20-8-4-3-5-9-21-39/h6-7,10-11,18-19,22,24,27,31-32,40,42H,3-5,8-9,12-17,20-21,23,25H2,1-2H3. The highest BCUT2D eigenvalue weighted by atomic mass is 32.1. The molecule has 5 heteroatoms. The first-order valence-corrected chi connectivity index (χ1v) is 18.1. The number of allylic oxidation sites excluding steroid dienone is 4. The molecule has 2 heterocycles. The summed E-state index contributed by atoms with van der Waals surface area (Å²) in [6.45, 7) is 7.81. The van der Waals surface area contributed by atoms with Crippen LogP contribution in [-0.4, -0.2) is 52.2 Å². The Kier molecular flexibility index (Phi) is 6.57. The minimum atomic E-state index is -0.744. The molecular formula is C38H49NO3S. The lowest BCUT2D eigenvalue weighted by molar-refractivity contribution is -0.176. The molecule has 2 aromatic rings. The van der Waals surface area contributed by atoms with Crippen molar-refractivity contribution in [3.05, 3.63) is 59.0 Å². The van der Waals surface area contributed by atoms with Crippen LogP contribution in [-0.2, 0) is 0 Å². The van der Waals surface area contributed by atoms with E-state index in [1.165, 1.54) is 32.1 Å². The molecule has 1 saturated heterocycles. The number of aliphatic hydroxyl groups is 2. The number of fused-ring (bicyclic) bond motifs is 2. The number of β-amino-alcohol motifs (C(OH)–C–C–N with tert-alkyl or cyclic N) is 1. The fraction of sp³-hybridized carbons (Fsp3) is 0.658. The van der Waals surface area contributed by atoms with Gasteiger partial charge in [0, 0.05) is 33.1 Å². The fourth-order valence-electron chi connectivity index (χ4n) is 11.7. The Labute approximate surface area is 261 Å². The Bertz CT molecular complexity index is 1470. The monoisotopic (exact) mass is 599 g/mol. The Morgan fingerprint density at radius 2 is 1.63 bits per heavy atom. The predicted molar refractivity (Wildman–Crippen MR) is 174 cm³/mol. The van der Waals surface area contributed by atoms with Crippen molar-refractivity contribution in [1.82, 2.24) is 4.90 Å². The van der Waals surface area contributed by atoms with E-state index in [9.17, 15) is 15.0 Å². The molecule has 2 bridgehead atoms. The number of thiophene rings is 1. The van der Waals surface area contributed by atoms with E-state index in [4.69, 9.17) is 0 Å². The second kappa shape index (κ2) is 9.85. The van der Waals surface area contributed by atoms with Gasteiger partial charge in [0.1, 0.15) is 0 Å². The normalized spacial score (nSPS) is 44.3. The molecule has 8 atom stereocenters. The fourth-order valence-corrected chi connectivity index (χ4v) is 12.7. The number of carbonyl (C=O) groups excluding carboxylic acids is 1. The molecule has 1 aromatic carbocycles. The topological polar surface area (TPSA) is 60.8 Å². The van der Waals surface area contributed by atoms with E-state index in [1.54, 1.807) is 11.3 Å². The number of carbonyl (C=O) groups is 1. The average Bonchev–Trinajstić information content (AvgIpc) is 3.52. The van der Waals surface area contributed by atoms with Crippen LogP contribution in [0.2, 0.25) is 0 Å². The summed E-state index contributed by atoms with van der Waals surface area (Å²) in [6.07, 6.45) is 19.7. The summed E-state index contributed by atoms with van der Waals surface area (Å²) in [6, 6.07) is 10.4. The quantitative estimate of drug-likeness (QED) is 0.277. The van der Waals surface area contributed by atoms with E-state index in [1.807, 2.05) is 0 Å². The summed E-state index contributed by atoms with van der Waals surface area (Å²) in [7, 11) is 0. The molecule has 2 spiro atoms. The molecule has 6 aliphatic carbocycles. The molecule has 43 heavy (non-hydrogen) atoms. The van der Waals surface area contributed by atoms with Crippen molar-refractivity contribution in [1.29, 1.82) is 0 Å². The van der Waals surface area contributed by atoms with Crippen LogP contribution in [0.3, 0.4) is 0 Å². The van der Waals surface area contributed by atoms with Gasteiger partial charge in [0.15, 0.2) is 5.78 Å². The molecule has 230 valence electrons. The van der Waals surface area contributed by atoms with Crippen LogP contribution in [0.4, 0.5) is 0 Å². The third-order valence-electron chi connectivity index (χ3n) is 14.0. The lowest BCUT2D eigenvalue weighted by Crippen LogP contribution is -2.67. The molecule has 1 aliphatic heterocycles. The SMILES string of the molecule is CC12CCC(O)CC13C=CC1(C(C(=O)c4cc5ccccc5s4)=C3)C2CCC2(C)C1CCC2(O)CN1CCCCCCC1. The van der Waals surface area contributed by atoms with Crippen molar-refractivity contribution in [2.24, 2.45) is 33.5 Å². The summed E-state index contributed by atoms with van der Waals surface area (Å²) < 4.78 is 1.16. The summed E-state index contributed by atoms with van der Waals surface area (Å²) in [5, 5.41) is 24.9. The maximum atomic E-state index is 14.9. The number of aliphatic hydroxyl groups excluding tert-OH is 1. The molecule has 8 unspecified atom stereocenters. The zero-order valence-electron chi connectivity index (χ0n) is 26.1. The molecule has 3 saturated carbocycles. The van der Waals surface area contributed by atoms with Gasteiger partial charge in [0.05, 0.1) is 16.6 Å². The number of nitrogens with zero attached hydrogens (tertiary/aromatic N) is 1. The van der Waals surface area contributed by atoms with Crippen molar-refractivity contribution in [3.8, 4) is 0 Å². The summed E-state index contributed by atoms with van der Waals surface area (Å²) >= 11 is 1.62. The van der Waals surface area contributed by atoms with Crippen LogP contribution in [0.5, 0.6) is 0 Å². The van der Waals surface area contributed by atoms with Crippen LogP contribution in [0.15, 0.2) is 54.1 Å². The Morgan fingerprint density at radius 3 is 2.42 bits per heavy atom. The van der Waals surface area contributed by atoms with Crippen molar-refractivity contribution >= 4 is 27.2 Å². The molecule has 0 radical (unpaired) electrons. The zero-order chi connectivity index (χ0) is 29.7. The van der Waals surface area contributed by atoms with Gasteiger partial charge < -0.3 is 15.1 Å². The molecule has 2 N–H and O–H groups in total. The maximum absolute atomic E-state index is 14.9. The highest BCUT2D eigenvalue weighted by Crippen LogP contribution is 2.78. The van der Waals surface area contributed by atoms with Crippen LogP contribution >= 0.6 is 11.3 Å².